The molecule has 0 atom stereocenters. The van der Waals surface area contributed by atoms with Crippen LogP contribution in [0.1, 0.15) is 49.4 Å². The number of rotatable bonds is 6. The molecule has 7 nitrogen and oxygen atoms in total. The van der Waals surface area contributed by atoms with Gasteiger partial charge in [0.15, 0.2) is 0 Å². The molecular formula is C23H26N2O5. The largest absolute Gasteiger partial charge is 0.513 e. The fourth-order valence-corrected chi connectivity index (χ4v) is 3.41. The highest BCUT2D eigenvalue weighted by Crippen LogP contribution is 2.27. The maximum Gasteiger partial charge on any atom is 0.513 e. The lowest BCUT2D eigenvalue weighted by atomic mass is 9.88. The quantitative estimate of drug-likeness (QED) is 0.517. The van der Waals surface area contributed by atoms with Crippen molar-refractivity contribution in [2.45, 2.75) is 39.0 Å². The minimum absolute atomic E-state index is 0.00290. The fraction of sp³-hybridized carbons (Fsp3) is 0.348. The predicted molar refractivity (Wildman–Crippen MR) is 114 cm³/mol. The Labute approximate surface area is 175 Å². The molecule has 1 aliphatic carbocycles. The van der Waals surface area contributed by atoms with Gasteiger partial charge in [0.05, 0.1) is 18.0 Å². The molecule has 2 amide bonds. The lowest BCUT2D eigenvalue weighted by Crippen LogP contribution is -2.25. The summed E-state index contributed by atoms with van der Waals surface area (Å²) >= 11 is 0. The van der Waals surface area contributed by atoms with E-state index in [1.165, 1.54) is 18.6 Å². The van der Waals surface area contributed by atoms with Gasteiger partial charge >= 0.3 is 6.16 Å². The van der Waals surface area contributed by atoms with E-state index in [9.17, 15) is 14.4 Å². The second kappa shape index (κ2) is 10.4. The minimum Gasteiger partial charge on any atom is -0.434 e. The Bertz CT molecular complexity index is 889. The first-order valence-electron chi connectivity index (χ1n) is 10.2. The van der Waals surface area contributed by atoms with Gasteiger partial charge in [-0.15, -0.1) is 0 Å². The van der Waals surface area contributed by atoms with Crippen LogP contribution in [0, 0.1) is 5.92 Å². The standard InChI is InChI=1S/C23H26N2O5/c1-2-29-23(28)30-18-14-12-17(13-15-18)22(27)25-20-11-7-6-10-19(20)24-21(26)16-8-4-3-5-9-16/h6-7,10-16H,2-5,8-9H2,1H3,(H,24,26)(H,25,27). The summed E-state index contributed by atoms with van der Waals surface area (Å²) in [5.74, 6) is -0.0338. The second-order valence-electron chi connectivity index (χ2n) is 7.13. The van der Waals surface area contributed by atoms with Crippen molar-refractivity contribution < 1.29 is 23.9 Å². The Morgan fingerprint density at radius 3 is 2.17 bits per heavy atom. The summed E-state index contributed by atoms with van der Waals surface area (Å²) in [6.07, 6.45) is 4.34. The van der Waals surface area contributed by atoms with Gasteiger partial charge in [-0.3, -0.25) is 9.59 Å². The molecule has 0 aromatic heterocycles. The molecule has 2 aromatic carbocycles. The number of ether oxygens (including phenoxy) is 2. The van der Waals surface area contributed by atoms with E-state index in [-0.39, 0.29) is 30.1 Å². The van der Waals surface area contributed by atoms with E-state index >= 15 is 0 Å². The monoisotopic (exact) mass is 410 g/mol. The Morgan fingerprint density at radius 2 is 1.53 bits per heavy atom. The predicted octanol–water partition coefficient (Wildman–Crippen LogP) is 4.99. The average Bonchev–Trinajstić information content (AvgIpc) is 2.76. The molecule has 0 spiro atoms. The topological polar surface area (TPSA) is 93.7 Å². The van der Waals surface area contributed by atoms with Gasteiger partial charge in [-0.2, -0.15) is 0 Å². The van der Waals surface area contributed by atoms with Gasteiger partial charge in [-0.25, -0.2) is 4.79 Å². The first-order valence-corrected chi connectivity index (χ1v) is 10.2. The van der Waals surface area contributed by atoms with Crippen molar-refractivity contribution >= 4 is 29.3 Å². The molecule has 0 heterocycles. The van der Waals surface area contributed by atoms with E-state index in [0.717, 1.165) is 25.7 Å². The highest BCUT2D eigenvalue weighted by molar-refractivity contribution is 6.07. The summed E-state index contributed by atoms with van der Waals surface area (Å²) in [6, 6.07) is 13.3. The second-order valence-corrected chi connectivity index (χ2v) is 7.13. The van der Waals surface area contributed by atoms with Gasteiger partial charge in [-0.05, 0) is 56.2 Å². The molecule has 0 radical (unpaired) electrons. The molecular weight excluding hydrogens is 384 g/mol. The molecule has 0 aliphatic heterocycles. The first-order chi connectivity index (χ1) is 14.6. The van der Waals surface area contributed by atoms with Crippen molar-refractivity contribution in [2.24, 2.45) is 5.92 Å². The Hall–Kier alpha value is -3.35. The van der Waals surface area contributed by atoms with Gasteiger partial charge in [0.2, 0.25) is 5.91 Å². The molecule has 1 saturated carbocycles. The van der Waals surface area contributed by atoms with Gasteiger partial charge < -0.3 is 20.1 Å². The molecule has 3 rings (SSSR count). The molecule has 30 heavy (non-hydrogen) atoms. The molecule has 158 valence electrons. The van der Waals surface area contributed by atoms with E-state index in [4.69, 9.17) is 9.47 Å². The van der Waals surface area contributed by atoms with Gasteiger partial charge in [-0.1, -0.05) is 31.4 Å². The number of para-hydroxylation sites is 2. The zero-order valence-electron chi connectivity index (χ0n) is 17.0. The molecule has 0 unspecified atom stereocenters. The van der Waals surface area contributed by atoms with E-state index in [0.29, 0.717) is 16.9 Å². The van der Waals surface area contributed by atoms with Crippen molar-refractivity contribution in [3.05, 3.63) is 54.1 Å². The summed E-state index contributed by atoms with van der Waals surface area (Å²) in [5.41, 5.74) is 1.49. The van der Waals surface area contributed by atoms with Crippen LogP contribution in [0.2, 0.25) is 0 Å². The van der Waals surface area contributed by atoms with Crippen molar-refractivity contribution in [2.75, 3.05) is 17.2 Å². The van der Waals surface area contributed by atoms with Crippen LogP contribution in [-0.2, 0) is 9.53 Å². The molecule has 1 aliphatic rings. The third kappa shape index (κ3) is 5.83. The summed E-state index contributed by atoms with van der Waals surface area (Å²) in [6.45, 7) is 1.90. The van der Waals surface area contributed by atoms with Crippen molar-refractivity contribution in [3.8, 4) is 5.75 Å². The number of hydrogen-bond acceptors (Lipinski definition) is 5. The normalized spacial score (nSPS) is 13.9. The lowest BCUT2D eigenvalue weighted by molar-refractivity contribution is -0.120. The van der Waals surface area contributed by atoms with Crippen LogP contribution in [0.3, 0.4) is 0 Å². The lowest BCUT2D eigenvalue weighted by Gasteiger charge is -2.21. The minimum atomic E-state index is -0.794. The third-order valence-electron chi connectivity index (χ3n) is 4.99. The molecule has 1 fully saturated rings. The number of carbonyl (C=O) groups excluding carboxylic acids is 3. The van der Waals surface area contributed by atoms with Crippen molar-refractivity contribution in [1.82, 2.24) is 0 Å². The van der Waals surface area contributed by atoms with E-state index in [2.05, 4.69) is 10.6 Å². The molecule has 0 bridgehead atoms. The van der Waals surface area contributed by atoms with Crippen LogP contribution in [-0.4, -0.2) is 24.6 Å². The number of carbonyl (C=O) groups is 3. The Balaban J connectivity index is 1.64. The van der Waals surface area contributed by atoms with E-state index in [1.54, 1.807) is 37.3 Å². The van der Waals surface area contributed by atoms with Gasteiger partial charge in [0, 0.05) is 11.5 Å². The summed E-state index contributed by atoms with van der Waals surface area (Å²) in [5, 5.41) is 5.78. The summed E-state index contributed by atoms with van der Waals surface area (Å²) in [7, 11) is 0. The van der Waals surface area contributed by atoms with E-state index in [1.807, 2.05) is 6.07 Å². The number of hydrogen-bond donors (Lipinski definition) is 2. The first kappa shape index (κ1) is 21.4. The maximum absolute atomic E-state index is 12.6. The number of benzene rings is 2. The Kier molecular flexibility index (Phi) is 7.43. The summed E-state index contributed by atoms with van der Waals surface area (Å²) < 4.78 is 9.70. The van der Waals surface area contributed by atoms with Crippen LogP contribution in [0.25, 0.3) is 0 Å². The number of anilines is 2. The molecule has 2 N–H and O–H groups in total. The highest BCUT2D eigenvalue weighted by Gasteiger charge is 2.22. The SMILES string of the molecule is CCOC(=O)Oc1ccc(C(=O)Nc2ccccc2NC(=O)C2CCCCC2)cc1. The highest BCUT2D eigenvalue weighted by atomic mass is 16.7. The van der Waals surface area contributed by atoms with Crippen LogP contribution in [0.5, 0.6) is 5.75 Å². The average molecular weight is 410 g/mol. The zero-order valence-corrected chi connectivity index (χ0v) is 17.0. The zero-order chi connectivity index (χ0) is 21.3. The smallest absolute Gasteiger partial charge is 0.434 e. The molecule has 0 saturated heterocycles. The van der Waals surface area contributed by atoms with Gasteiger partial charge in [0.1, 0.15) is 5.75 Å². The maximum atomic E-state index is 12.6. The number of nitrogens with one attached hydrogen (secondary N) is 2. The van der Waals surface area contributed by atoms with Crippen LogP contribution in [0.15, 0.2) is 48.5 Å². The number of amides is 2. The molecule has 2 aromatic rings. The van der Waals surface area contributed by atoms with Crippen LogP contribution >= 0.6 is 0 Å². The summed E-state index contributed by atoms with van der Waals surface area (Å²) in [4.78, 5) is 36.6. The third-order valence-corrected chi connectivity index (χ3v) is 4.99. The molecule has 7 heteroatoms. The van der Waals surface area contributed by atoms with Crippen LogP contribution < -0.4 is 15.4 Å². The van der Waals surface area contributed by atoms with Crippen molar-refractivity contribution in [1.29, 1.82) is 0 Å². The van der Waals surface area contributed by atoms with Crippen molar-refractivity contribution in [3.63, 3.8) is 0 Å². The fourth-order valence-electron chi connectivity index (χ4n) is 3.41. The van der Waals surface area contributed by atoms with Crippen LogP contribution in [0.4, 0.5) is 16.2 Å². The van der Waals surface area contributed by atoms with Gasteiger partial charge in [0.25, 0.3) is 5.91 Å². The van der Waals surface area contributed by atoms with E-state index < -0.39 is 6.16 Å². The Morgan fingerprint density at radius 1 is 0.900 bits per heavy atom.